The minimum Gasteiger partial charge on any atom is -0.508 e. The van der Waals surface area contributed by atoms with Gasteiger partial charge in [-0.15, -0.1) is 0 Å². The van der Waals surface area contributed by atoms with E-state index in [-0.39, 0.29) is 11.3 Å². The maximum atomic E-state index is 12.7. The van der Waals surface area contributed by atoms with Gasteiger partial charge in [0.2, 0.25) is 0 Å². The first-order chi connectivity index (χ1) is 9.27. The molecule has 0 saturated heterocycles. The van der Waals surface area contributed by atoms with Crippen LogP contribution in [0.25, 0.3) is 11.1 Å². The molecule has 0 spiro atoms. The molecule has 0 aromatic heterocycles. The van der Waals surface area contributed by atoms with Crippen LogP contribution < -0.4 is 0 Å². The molecule has 0 unspecified atom stereocenters. The summed E-state index contributed by atoms with van der Waals surface area (Å²) in [4.78, 5) is 11.1. The second-order valence-corrected chi connectivity index (χ2v) is 4.40. The van der Waals surface area contributed by atoms with Crippen molar-refractivity contribution in [2.75, 3.05) is 0 Å². The number of rotatable bonds is 2. The monoisotopic (exact) mass is 280 g/mol. The van der Waals surface area contributed by atoms with E-state index >= 15 is 0 Å². The zero-order valence-corrected chi connectivity index (χ0v) is 10.5. The first-order valence-electron chi connectivity index (χ1n) is 5.80. The van der Waals surface area contributed by atoms with Gasteiger partial charge in [-0.2, -0.15) is 13.2 Å². The third-order valence-electron chi connectivity index (χ3n) is 2.87. The number of benzene rings is 2. The Morgan fingerprint density at radius 3 is 2.10 bits per heavy atom. The van der Waals surface area contributed by atoms with Gasteiger partial charge in [0.25, 0.3) is 0 Å². The molecule has 2 nitrogen and oxygen atoms in total. The molecule has 104 valence electrons. The predicted molar refractivity (Wildman–Crippen MR) is 68.5 cm³/mol. The lowest BCUT2D eigenvalue weighted by molar-refractivity contribution is -0.137. The topological polar surface area (TPSA) is 37.3 Å². The van der Waals surface area contributed by atoms with Crippen LogP contribution in [-0.4, -0.2) is 10.9 Å². The molecule has 2 aromatic rings. The highest BCUT2D eigenvalue weighted by atomic mass is 19.4. The molecular weight excluding hydrogens is 269 g/mol. The molecule has 0 aliphatic rings. The average molecular weight is 280 g/mol. The van der Waals surface area contributed by atoms with Crippen LogP contribution in [0.4, 0.5) is 13.2 Å². The molecule has 0 aliphatic heterocycles. The van der Waals surface area contributed by atoms with Gasteiger partial charge >= 0.3 is 6.18 Å². The van der Waals surface area contributed by atoms with E-state index in [9.17, 15) is 23.1 Å². The van der Waals surface area contributed by atoms with Gasteiger partial charge in [0.15, 0.2) is 5.78 Å². The fourth-order valence-corrected chi connectivity index (χ4v) is 1.84. The number of ketones is 1. The minimum absolute atomic E-state index is 0.122. The zero-order valence-electron chi connectivity index (χ0n) is 10.5. The lowest BCUT2D eigenvalue weighted by Crippen LogP contribution is -2.04. The number of alkyl halides is 3. The van der Waals surface area contributed by atoms with Crippen molar-refractivity contribution in [1.29, 1.82) is 0 Å². The highest BCUT2D eigenvalue weighted by Gasteiger charge is 2.31. The first-order valence-corrected chi connectivity index (χ1v) is 5.80. The number of phenols is 1. The molecule has 0 atom stereocenters. The Bertz CT molecular complexity index is 643. The van der Waals surface area contributed by atoms with Gasteiger partial charge in [-0.3, -0.25) is 4.79 Å². The average Bonchev–Trinajstić information content (AvgIpc) is 2.37. The van der Waals surface area contributed by atoms with Crippen molar-refractivity contribution in [1.82, 2.24) is 0 Å². The van der Waals surface area contributed by atoms with E-state index in [0.29, 0.717) is 17.2 Å². The Hall–Kier alpha value is -2.30. The number of carbonyl (C=O) groups is 1. The summed E-state index contributed by atoms with van der Waals surface area (Å²) in [6.07, 6.45) is -4.52. The molecule has 0 fully saturated rings. The van der Waals surface area contributed by atoms with Gasteiger partial charge in [0, 0.05) is 5.56 Å². The van der Waals surface area contributed by atoms with Crippen LogP contribution in [0.15, 0.2) is 42.5 Å². The van der Waals surface area contributed by atoms with E-state index in [1.807, 2.05) is 0 Å². The summed E-state index contributed by atoms with van der Waals surface area (Å²) in [6.45, 7) is 1.41. The molecule has 20 heavy (non-hydrogen) atoms. The fourth-order valence-electron chi connectivity index (χ4n) is 1.84. The quantitative estimate of drug-likeness (QED) is 0.834. The minimum atomic E-state index is -4.52. The summed E-state index contributed by atoms with van der Waals surface area (Å²) >= 11 is 0. The molecule has 0 heterocycles. The number of halogens is 3. The van der Waals surface area contributed by atoms with Crippen molar-refractivity contribution in [3.05, 3.63) is 53.6 Å². The molecule has 1 N–H and O–H groups in total. The van der Waals surface area contributed by atoms with Crippen LogP contribution in [0.5, 0.6) is 5.75 Å². The van der Waals surface area contributed by atoms with E-state index in [0.717, 1.165) is 6.07 Å². The van der Waals surface area contributed by atoms with Crippen LogP contribution in [0.2, 0.25) is 0 Å². The summed E-state index contributed by atoms with van der Waals surface area (Å²) in [7, 11) is 0. The summed E-state index contributed by atoms with van der Waals surface area (Å²) in [5, 5.41) is 9.41. The number of hydrogen-bond donors (Lipinski definition) is 1. The fraction of sp³-hybridized carbons (Fsp3) is 0.133. The molecule has 0 aliphatic carbocycles. The van der Waals surface area contributed by atoms with Gasteiger partial charge < -0.3 is 5.11 Å². The Kier molecular flexibility index (Phi) is 3.53. The second kappa shape index (κ2) is 5.00. The maximum Gasteiger partial charge on any atom is 0.416 e. The highest BCUT2D eigenvalue weighted by molar-refractivity contribution is 5.94. The van der Waals surface area contributed by atoms with Crippen LogP contribution >= 0.6 is 0 Å². The largest absolute Gasteiger partial charge is 0.508 e. The van der Waals surface area contributed by atoms with Crippen LogP contribution in [0.3, 0.4) is 0 Å². The zero-order chi connectivity index (χ0) is 14.9. The number of aromatic hydroxyl groups is 1. The van der Waals surface area contributed by atoms with Crippen LogP contribution in [0, 0.1) is 0 Å². The van der Waals surface area contributed by atoms with Gasteiger partial charge in [-0.25, -0.2) is 0 Å². The van der Waals surface area contributed by atoms with Crippen molar-refractivity contribution in [2.24, 2.45) is 0 Å². The maximum absolute atomic E-state index is 12.7. The number of hydrogen-bond acceptors (Lipinski definition) is 2. The second-order valence-electron chi connectivity index (χ2n) is 4.40. The summed E-state index contributed by atoms with van der Waals surface area (Å²) < 4.78 is 38.0. The third-order valence-corrected chi connectivity index (χ3v) is 2.87. The Balaban J connectivity index is 2.47. The molecule has 5 heteroatoms. The van der Waals surface area contributed by atoms with Gasteiger partial charge in [-0.05, 0) is 36.2 Å². The van der Waals surface area contributed by atoms with Crippen LogP contribution in [0.1, 0.15) is 22.8 Å². The standard InChI is InChI=1S/C15H11F3O2/c1-9(19)10-2-4-11(5-3-10)12-6-13(15(16,17)18)8-14(20)7-12/h2-8,20H,1H3. The number of Topliss-reactive ketones (excluding diaryl/α,β-unsaturated/α-hetero) is 1. The van der Waals surface area contributed by atoms with E-state index in [2.05, 4.69) is 0 Å². The van der Waals surface area contributed by atoms with Crippen molar-refractivity contribution >= 4 is 5.78 Å². The van der Waals surface area contributed by atoms with Crippen molar-refractivity contribution in [3.63, 3.8) is 0 Å². The highest BCUT2D eigenvalue weighted by Crippen LogP contribution is 2.35. The van der Waals surface area contributed by atoms with E-state index in [1.165, 1.54) is 25.1 Å². The lowest BCUT2D eigenvalue weighted by Gasteiger charge is -2.10. The number of phenolic OH excluding ortho intramolecular Hbond substituents is 1. The van der Waals surface area contributed by atoms with Crippen LogP contribution in [-0.2, 0) is 6.18 Å². The Morgan fingerprint density at radius 2 is 1.60 bits per heavy atom. The van der Waals surface area contributed by atoms with E-state index < -0.39 is 17.5 Å². The van der Waals surface area contributed by atoms with Crippen molar-refractivity contribution in [2.45, 2.75) is 13.1 Å². The van der Waals surface area contributed by atoms with E-state index in [1.54, 1.807) is 12.1 Å². The summed E-state index contributed by atoms with van der Waals surface area (Å²) in [5.41, 5.74) is 0.303. The molecule has 0 bridgehead atoms. The SMILES string of the molecule is CC(=O)c1ccc(-c2cc(O)cc(C(F)(F)F)c2)cc1. The normalized spacial score (nSPS) is 11.4. The molecule has 2 rings (SSSR count). The molecular formula is C15H11F3O2. The Labute approximate surface area is 113 Å². The van der Waals surface area contributed by atoms with Crippen molar-refractivity contribution < 1.29 is 23.1 Å². The number of carbonyl (C=O) groups excluding carboxylic acids is 1. The first kappa shape index (κ1) is 14.1. The van der Waals surface area contributed by atoms with Gasteiger partial charge in [0.1, 0.15) is 5.75 Å². The van der Waals surface area contributed by atoms with Gasteiger partial charge in [0.05, 0.1) is 5.56 Å². The van der Waals surface area contributed by atoms with Gasteiger partial charge in [-0.1, -0.05) is 24.3 Å². The molecule has 2 aromatic carbocycles. The molecule has 0 radical (unpaired) electrons. The summed E-state index contributed by atoms with van der Waals surface area (Å²) in [5.74, 6) is -0.575. The molecule has 0 amide bonds. The smallest absolute Gasteiger partial charge is 0.416 e. The van der Waals surface area contributed by atoms with E-state index in [4.69, 9.17) is 0 Å². The summed E-state index contributed by atoms with van der Waals surface area (Å²) in [6, 6.07) is 9.05. The lowest BCUT2D eigenvalue weighted by atomic mass is 10.0. The molecule has 0 saturated carbocycles. The third kappa shape index (κ3) is 2.99. The van der Waals surface area contributed by atoms with Crippen molar-refractivity contribution in [3.8, 4) is 16.9 Å². The predicted octanol–water partition coefficient (Wildman–Crippen LogP) is 4.28. The Morgan fingerprint density at radius 1 is 1.00 bits per heavy atom.